The molecule has 0 fully saturated rings. The summed E-state index contributed by atoms with van der Waals surface area (Å²) < 4.78 is 82.2. The number of aliphatic carboxylic acids is 2. The molecule has 24 heavy (non-hydrogen) atoms. The molecule has 0 aliphatic carbocycles. The normalized spacial score (nSPS) is 14.3. The van der Waals surface area contributed by atoms with Crippen molar-refractivity contribution in [2.24, 2.45) is 5.92 Å². The Morgan fingerprint density at radius 1 is 0.875 bits per heavy atom. The molecule has 6 nitrogen and oxygen atoms in total. The summed E-state index contributed by atoms with van der Waals surface area (Å²) in [5, 5.41) is 17.0. The molecule has 0 aliphatic heterocycles. The van der Waals surface area contributed by atoms with Crippen molar-refractivity contribution >= 4 is 11.9 Å². The molecule has 0 aliphatic rings. The molecule has 0 spiro atoms. The lowest BCUT2D eigenvalue weighted by Gasteiger charge is -2.24. The molecule has 0 heterocycles. The SMILES string of the molecule is CC(OCCOC(C(C(=O)O)C(=O)O)C(F)(F)F)C(F)(F)F.F.F. The van der Waals surface area contributed by atoms with Crippen LogP contribution < -0.4 is 0 Å². The summed E-state index contributed by atoms with van der Waals surface area (Å²) in [7, 11) is 0. The van der Waals surface area contributed by atoms with E-state index in [4.69, 9.17) is 10.2 Å². The fraction of sp³-hybridized carbons (Fsp3) is 0.800. The number of ether oxygens (including phenoxy) is 2. The minimum atomic E-state index is -5.34. The highest BCUT2D eigenvalue weighted by Gasteiger charge is 2.52. The maximum Gasteiger partial charge on any atom is 0.416 e. The van der Waals surface area contributed by atoms with E-state index in [2.05, 4.69) is 9.47 Å². The molecule has 0 amide bonds. The van der Waals surface area contributed by atoms with E-state index in [1.807, 2.05) is 0 Å². The van der Waals surface area contributed by atoms with Crippen LogP contribution in [0.3, 0.4) is 0 Å². The van der Waals surface area contributed by atoms with Gasteiger partial charge >= 0.3 is 24.3 Å². The van der Waals surface area contributed by atoms with Gasteiger partial charge in [-0.1, -0.05) is 0 Å². The lowest BCUT2D eigenvalue weighted by molar-refractivity contribution is -0.248. The standard InChI is InChI=1S/C10H12F6O6.2FH/c1-4(9(11,12)13)21-2-3-22-6(10(14,15)16)5(7(17)18)8(19)20;;/h4-6H,2-3H2,1H3,(H,17,18)(H,19,20);2*1H. The van der Waals surface area contributed by atoms with Gasteiger partial charge in [0, 0.05) is 0 Å². The Kier molecular flexibility index (Phi) is 11.6. The predicted octanol–water partition coefficient (Wildman–Crippen LogP) is 1.99. The second-order valence-electron chi connectivity index (χ2n) is 4.04. The van der Waals surface area contributed by atoms with E-state index in [-0.39, 0.29) is 9.41 Å². The molecule has 0 aromatic rings. The highest BCUT2D eigenvalue weighted by molar-refractivity contribution is 5.93. The highest BCUT2D eigenvalue weighted by Crippen LogP contribution is 2.29. The summed E-state index contributed by atoms with van der Waals surface area (Å²) in [6, 6.07) is 0. The second kappa shape index (κ2) is 10.2. The summed E-state index contributed by atoms with van der Waals surface area (Å²) in [6.07, 6.45) is -15.5. The first kappa shape index (κ1) is 27.2. The molecule has 2 unspecified atom stereocenters. The van der Waals surface area contributed by atoms with Gasteiger partial charge in [-0.3, -0.25) is 19.0 Å². The molecule has 0 aromatic carbocycles. The van der Waals surface area contributed by atoms with Crippen molar-refractivity contribution in [2.45, 2.75) is 31.5 Å². The zero-order valence-electron chi connectivity index (χ0n) is 11.8. The van der Waals surface area contributed by atoms with Crippen LogP contribution in [-0.2, 0) is 19.1 Å². The average Bonchev–Trinajstić information content (AvgIpc) is 2.28. The molecule has 0 saturated heterocycles. The lowest BCUT2D eigenvalue weighted by atomic mass is 10.0. The largest absolute Gasteiger partial charge is 0.481 e. The molecular formula is C10H14F8O6. The van der Waals surface area contributed by atoms with Crippen molar-refractivity contribution in [2.75, 3.05) is 13.2 Å². The highest BCUT2D eigenvalue weighted by atomic mass is 19.4. The first-order chi connectivity index (χ1) is 9.78. The molecule has 2 atom stereocenters. The van der Waals surface area contributed by atoms with Crippen LogP contribution in [0.15, 0.2) is 0 Å². The maximum absolute atomic E-state index is 12.6. The molecule has 0 radical (unpaired) electrons. The van der Waals surface area contributed by atoms with Crippen LogP contribution >= 0.6 is 0 Å². The number of halogens is 8. The third-order valence-corrected chi connectivity index (χ3v) is 2.37. The van der Waals surface area contributed by atoms with Gasteiger partial charge in [0.2, 0.25) is 0 Å². The number of hydrogen-bond donors (Lipinski definition) is 2. The van der Waals surface area contributed by atoms with Crippen LogP contribution in [0.5, 0.6) is 0 Å². The van der Waals surface area contributed by atoms with Crippen molar-refractivity contribution < 1.29 is 65.0 Å². The Hall–Kier alpha value is -1.70. The third kappa shape index (κ3) is 8.81. The summed E-state index contributed by atoms with van der Waals surface area (Å²) in [4.78, 5) is 21.1. The minimum absolute atomic E-state index is 0. The van der Waals surface area contributed by atoms with Gasteiger partial charge in [0.05, 0.1) is 13.2 Å². The minimum Gasteiger partial charge on any atom is -0.481 e. The quantitative estimate of drug-likeness (QED) is 0.379. The molecular weight excluding hydrogens is 368 g/mol. The lowest BCUT2D eigenvalue weighted by Crippen LogP contribution is -2.46. The van der Waals surface area contributed by atoms with Gasteiger partial charge < -0.3 is 19.7 Å². The van der Waals surface area contributed by atoms with Crippen molar-refractivity contribution in [3.8, 4) is 0 Å². The van der Waals surface area contributed by atoms with Crippen LogP contribution in [0.2, 0.25) is 0 Å². The molecule has 0 rings (SSSR count). The number of carboxylic acids is 2. The zero-order chi connectivity index (χ0) is 17.7. The van der Waals surface area contributed by atoms with E-state index in [0.717, 1.165) is 0 Å². The number of hydrogen-bond acceptors (Lipinski definition) is 4. The first-order valence-electron chi connectivity index (χ1n) is 5.60. The fourth-order valence-corrected chi connectivity index (χ4v) is 1.24. The molecule has 2 N–H and O–H groups in total. The Balaban J connectivity index is -0.00000220. The van der Waals surface area contributed by atoms with E-state index in [1.54, 1.807) is 0 Å². The molecule has 0 saturated carbocycles. The Morgan fingerprint density at radius 2 is 1.25 bits per heavy atom. The van der Waals surface area contributed by atoms with Gasteiger partial charge in [-0.25, -0.2) is 0 Å². The number of rotatable bonds is 8. The zero-order valence-corrected chi connectivity index (χ0v) is 11.8. The van der Waals surface area contributed by atoms with Gasteiger partial charge in [0.1, 0.15) is 0 Å². The van der Waals surface area contributed by atoms with Crippen molar-refractivity contribution in [1.29, 1.82) is 0 Å². The second-order valence-corrected chi connectivity index (χ2v) is 4.04. The maximum atomic E-state index is 12.6. The molecule has 146 valence electrons. The van der Waals surface area contributed by atoms with Gasteiger partial charge in [-0.05, 0) is 6.92 Å². The topological polar surface area (TPSA) is 93.1 Å². The predicted molar refractivity (Wildman–Crippen MR) is 61.0 cm³/mol. The summed E-state index contributed by atoms with van der Waals surface area (Å²) >= 11 is 0. The van der Waals surface area contributed by atoms with Crippen molar-refractivity contribution in [1.82, 2.24) is 0 Å². The van der Waals surface area contributed by atoms with Crippen molar-refractivity contribution in [3.63, 3.8) is 0 Å². The van der Waals surface area contributed by atoms with Crippen LogP contribution in [0.25, 0.3) is 0 Å². The van der Waals surface area contributed by atoms with Gasteiger partial charge in [-0.2, -0.15) is 26.3 Å². The Bertz CT molecular complexity index is 382. The van der Waals surface area contributed by atoms with E-state index in [9.17, 15) is 35.9 Å². The fourth-order valence-electron chi connectivity index (χ4n) is 1.24. The summed E-state index contributed by atoms with van der Waals surface area (Å²) in [5.41, 5.74) is 0. The summed E-state index contributed by atoms with van der Waals surface area (Å²) in [5.74, 6) is -7.53. The monoisotopic (exact) mass is 382 g/mol. The van der Waals surface area contributed by atoms with Crippen LogP contribution in [0, 0.1) is 5.92 Å². The smallest absolute Gasteiger partial charge is 0.416 e. The van der Waals surface area contributed by atoms with E-state index in [0.29, 0.717) is 6.92 Å². The third-order valence-electron chi connectivity index (χ3n) is 2.37. The van der Waals surface area contributed by atoms with E-state index < -0.39 is 55.6 Å². The average molecular weight is 382 g/mol. The van der Waals surface area contributed by atoms with Crippen LogP contribution in [-0.4, -0.2) is 59.9 Å². The number of carbonyl (C=O) groups is 2. The molecule has 14 heteroatoms. The number of carboxylic acid groups (broad SMARTS) is 2. The van der Waals surface area contributed by atoms with E-state index in [1.165, 1.54) is 0 Å². The molecule has 0 bridgehead atoms. The van der Waals surface area contributed by atoms with E-state index >= 15 is 0 Å². The van der Waals surface area contributed by atoms with Gasteiger partial charge in [-0.15, -0.1) is 0 Å². The van der Waals surface area contributed by atoms with Crippen LogP contribution in [0.1, 0.15) is 6.92 Å². The van der Waals surface area contributed by atoms with Gasteiger partial charge in [0.25, 0.3) is 0 Å². The Morgan fingerprint density at radius 3 is 1.54 bits per heavy atom. The van der Waals surface area contributed by atoms with Crippen LogP contribution in [0.4, 0.5) is 35.8 Å². The number of alkyl halides is 6. The Labute approximate surface area is 129 Å². The van der Waals surface area contributed by atoms with Gasteiger partial charge in [0.15, 0.2) is 18.1 Å². The summed E-state index contributed by atoms with van der Waals surface area (Å²) in [6.45, 7) is -1.39. The van der Waals surface area contributed by atoms with Crippen molar-refractivity contribution in [3.05, 3.63) is 0 Å². The first-order valence-corrected chi connectivity index (χ1v) is 5.60. The molecule has 0 aromatic heterocycles.